The molecule has 4 rings (SSSR count). The molecule has 1 aliphatic heterocycles. The Labute approximate surface area is 152 Å². The van der Waals surface area contributed by atoms with Gasteiger partial charge in [-0.3, -0.25) is 9.78 Å². The largest absolute Gasteiger partial charge is 0.474 e. The Morgan fingerprint density at radius 3 is 2.73 bits per heavy atom. The zero-order valence-corrected chi connectivity index (χ0v) is 14.8. The maximum absolute atomic E-state index is 11.4. The summed E-state index contributed by atoms with van der Waals surface area (Å²) in [5, 5.41) is 0.918. The van der Waals surface area contributed by atoms with E-state index in [9.17, 15) is 4.79 Å². The van der Waals surface area contributed by atoms with E-state index in [1.54, 1.807) is 6.20 Å². The fraction of sp³-hybridized carbons (Fsp3) is 0.526. The summed E-state index contributed by atoms with van der Waals surface area (Å²) in [7, 11) is 0. The SMILES string of the molecule is NC(=O)C1CCC(Oc2nc(N3CCOCC3)cc3ncccc23)CC1. The predicted molar refractivity (Wildman–Crippen MR) is 98.1 cm³/mol. The van der Waals surface area contributed by atoms with Gasteiger partial charge < -0.3 is 20.1 Å². The minimum atomic E-state index is -0.203. The average Bonchev–Trinajstić information content (AvgIpc) is 2.69. The Bertz CT molecular complexity index is 783. The number of fused-ring (bicyclic) bond motifs is 1. The van der Waals surface area contributed by atoms with Gasteiger partial charge in [0.1, 0.15) is 11.9 Å². The molecule has 0 bridgehead atoms. The van der Waals surface area contributed by atoms with Crippen LogP contribution in [0.15, 0.2) is 24.4 Å². The molecule has 1 saturated carbocycles. The lowest BCUT2D eigenvalue weighted by molar-refractivity contribution is -0.123. The van der Waals surface area contributed by atoms with Crippen molar-refractivity contribution >= 4 is 22.6 Å². The fourth-order valence-corrected chi connectivity index (χ4v) is 3.70. The van der Waals surface area contributed by atoms with Crippen LogP contribution in [0.5, 0.6) is 5.88 Å². The first-order valence-corrected chi connectivity index (χ1v) is 9.25. The molecule has 1 amide bonds. The Hall–Kier alpha value is -2.41. The second-order valence-corrected chi connectivity index (χ2v) is 6.95. The summed E-state index contributed by atoms with van der Waals surface area (Å²) in [6, 6.07) is 5.90. The second-order valence-electron chi connectivity index (χ2n) is 6.95. The highest BCUT2D eigenvalue weighted by atomic mass is 16.5. The predicted octanol–water partition coefficient (Wildman–Crippen LogP) is 1.89. The lowest BCUT2D eigenvalue weighted by atomic mass is 9.87. The number of carbonyl (C=O) groups is 1. The van der Waals surface area contributed by atoms with Crippen LogP contribution in [0.4, 0.5) is 5.82 Å². The molecular formula is C19H24N4O3. The van der Waals surface area contributed by atoms with Gasteiger partial charge in [0.05, 0.1) is 24.1 Å². The number of carbonyl (C=O) groups excluding carboxylic acids is 1. The van der Waals surface area contributed by atoms with Gasteiger partial charge in [0.25, 0.3) is 0 Å². The number of nitrogens with zero attached hydrogens (tertiary/aromatic N) is 3. The highest BCUT2D eigenvalue weighted by Crippen LogP contribution is 2.32. The van der Waals surface area contributed by atoms with Gasteiger partial charge in [-0.05, 0) is 37.8 Å². The highest BCUT2D eigenvalue weighted by Gasteiger charge is 2.27. The normalized spacial score (nSPS) is 23.8. The van der Waals surface area contributed by atoms with Crippen molar-refractivity contribution in [3.63, 3.8) is 0 Å². The zero-order valence-electron chi connectivity index (χ0n) is 14.8. The number of aromatic nitrogens is 2. The van der Waals surface area contributed by atoms with Crippen LogP contribution >= 0.6 is 0 Å². The van der Waals surface area contributed by atoms with E-state index in [4.69, 9.17) is 20.2 Å². The molecule has 2 fully saturated rings. The molecule has 7 heteroatoms. The quantitative estimate of drug-likeness (QED) is 0.900. The van der Waals surface area contributed by atoms with Crippen molar-refractivity contribution in [3.8, 4) is 5.88 Å². The van der Waals surface area contributed by atoms with Gasteiger partial charge in [-0.2, -0.15) is 4.98 Å². The van der Waals surface area contributed by atoms with Gasteiger partial charge in [0.2, 0.25) is 11.8 Å². The molecule has 0 radical (unpaired) electrons. The van der Waals surface area contributed by atoms with Gasteiger partial charge in [0.15, 0.2) is 0 Å². The maximum Gasteiger partial charge on any atom is 0.225 e. The maximum atomic E-state index is 11.4. The zero-order chi connectivity index (χ0) is 17.9. The molecule has 2 aromatic heterocycles. The lowest BCUT2D eigenvalue weighted by Gasteiger charge is -2.30. The van der Waals surface area contributed by atoms with E-state index in [0.717, 1.165) is 55.5 Å². The number of nitrogens with two attached hydrogens (primary N) is 1. The standard InChI is InChI=1S/C19H24N4O3/c20-18(24)13-3-5-14(6-4-13)26-19-15-2-1-7-21-16(15)12-17(22-19)23-8-10-25-11-9-23/h1-2,7,12-14H,3-6,8-11H2,(H2,20,24). The van der Waals surface area contributed by atoms with Crippen LogP contribution < -0.4 is 15.4 Å². The van der Waals surface area contributed by atoms with Crippen molar-refractivity contribution < 1.29 is 14.3 Å². The number of amides is 1. The van der Waals surface area contributed by atoms with E-state index in [1.807, 2.05) is 18.2 Å². The molecule has 2 aromatic rings. The summed E-state index contributed by atoms with van der Waals surface area (Å²) in [5.41, 5.74) is 6.31. The van der Waals surface area contributed by atoms with Crippen molar-refractivity contribution in [3.05, 3.63) is 24.4 Å². The van der Waals surface area contributed by atoms with Crippen LogP contribution in [0.2, 0.25) is 0 Å². The molecule has 1 aliphatic carbocycles. The first-order valence-electron chi connectivity index (χ1n) is 9.25. The van der Waals surface area contributed by atoms with Crippen LogP contribution in [-0.4, -0.2) is 48.3 Å². The molecule has 0 unspecified atom stereocenters. The van der Waals surface area contributed by atoms with Crippen LogP contribution in [-0.2, 0) is 9.53 Å². The second kappa shape index (κ2) is 7.45. The summed E-state index contributed by atoms with van der Waals surface area (Å²) >= 11 is 0. The van der Waals surface area contributed by atoms with E-state index < -0.39 is 0 Å². The first kappa shape index (κ1) is 17.0. The van der Waals surface area contributed by atoms with Gasteiger partial charge in [-0.25, -0.2) is 0 Å². The summed E-state index contributed by atoms with van der Waals surface area (Å²) in [6.07, 6.45) is 5.03. The van der Waals surface area contributed by atoms with Crippen molar-refractivity contribution in [2.75, 3.05) is 31.2 Å². The Morgan fingerprint density at radius 1 is 1.23 bits per heavy atom. The van der Waals surface area contributed by atoms with Gasteiger partial charge >= 0.3 is 0 Å². The van der Waals surface area contributed by atoms with Crippen LogP contribution in [0.1, 0.15) is 25.7 Å². The summed E-state index contributed by atoms with van der Waals surface area (Å²) in [6.45, 7) is 3.04. The molecule has 0 aromatic carbocycles. The third-order valence-corrected chi connectivity index (χ3v) is 5.24. The summed E-state index contributed by atoms with van der Waals surface area (Å²) < 4.78 is 11.7. The average molecular weight is 356 g/mol. The third-order valence-electron chi connectivity index (χ3n) is 5.24. The topological polar surface area (TPSA) is 90.6 Å². The van der Waals surface area contributed by atoms with Crippen LogP contribution in [0.25, 0.3) is 10.9 Å². The molecule has 2 N–H and O–H groups in total. The number of primary amides is 1. The number of anilines is 1. The number of pyridine rings is 2. The minimum Gasteiger partial charge on any atom is -0.474 e. The van der Waals surface area contributed by atoms with Gasteiger partial charge in [-0.1, -0.05) is 0 Å². The first-order chi connectivity index (χ1) is 12.7. The summed E-state index contributed by atoms with van der Waals surface area (Å²) in [4.78, 5) is 22.8. The molecule has 3 heterocycles. The molecule has 2 aliphatic rings. The van der Waals surface area contributed by atoms with Crippen molar-refractivity contribution in [1.82, 2.24) is 9.97 Å². The van der Waals surface area contributed by atoms with Crippen LogP contribution in [0.3, 0.4) is 0 Å². The smallest absolute Gasteiger partial charge is 0.225 e. The molecule has 0 spiro atoms. The van der Waals surface area contributed by atoms with Gasteiger partial charge in [-0.15, -0.1) is 0 Å². The number of ether oxygens (including phenoxy) is 2. The lowest BCUT2D eigenvalue weighted by Crippen LogP contribution is -2.37. The summed E-state index contributed by atoms with van der Waals surface area (Å²) in [5.74, 6) is 1.27. The molecule has 0 atom stereocenters. The van der Waals surface area contributed by atoms with E-state index >= 15 is 0 Å². The Kier molecular flexibility index (Phi) is 4.88. The molecule has 1 saturated heterocycles. The van der Waals surface area contributed by atoms with E-state index in [2.05, 4.69) is 9.88 Å². The highest BCUT2D eigenvalue weighted by molar-refractivity contribution is 5.85. The number of rotatable bonds is 4. The minimum absolute atomic E-state index is 0.0269. The van der Waals surface area contributed by atoms with Crippen molar-refractivity contribution in [2.45, 2.75) is 31.8 Å². The number of hydrogen-bond acceptors (Lipinski definition) is 6. The fourth-order valence-electron chi connectivity index (χ4n) is 3.70. The van der Waals surface area contributed by atoms with Gasteiger partial charge in [0, 0.05) is 31.3 Å². The molecule has 26 heavy (non-hydrogen) atoms. The van der Waals surface area contributed by atoms with Crippen molar-refractivity contribution in [1.29, 1.82) is 0 Å². The number of morpholine rings is 1. The van der Waals surface area contributed by atoms with E-state index in [-0.39, 0.29) is 17.9 Å². The molecular weight excluding hydrogens is 332 g/mol. The molecule has 7 nitrogen and oxygen atoms in total. The monoisotopic (exact) mass is 356 g/mol. The Balaban J connectivity index is 1.58. The van der Waals surface area contributed by atoms with E-state index in [1.165, 1.54) is 0 Å². The molecule has 138 valence electrons. The Morgan fingerprint density at radius 2 is 2.00 bits per heavy atom. The van der Waals surface area contributed by atoms with Crippen LogP contribution in [0, 0.1) is 5.92 Å². The van der Waals surface area contributed by atoms with Crippen molar-refractivity contribution in [2.24, 2.45) is 11.7 Å². The third kappa shape index (κ3) is 3.58. The number of hydrogen-bond donors (Lipinski definition) is 1. The van der Waals surface area contributed by atoms with E-state index in [0.29, 0.717) is 19.1 Å².